The lowest BCUT2D eigenvalue weighted by Gasteiger charge is -2.34. The quantitative estimate of drug-likeness (QED) is 0.692. The molecule has 0 bridgehead atoms. The number of ether oxygens (including phenoxy) is 1. The van der Waals surface area contributed by atoms with E-state index in [1.54, 1.807) is 4.90 Å². The van der Waals surface area contributed by atoms with Crippen LogP contribution in [0.2, 0.25) is 0 Å². The molecule has 82 valence electrons. The van der Waals surface area contributed by atoms with E-state index in [0.29, 0.717) is 38.5 Å². The van der Waals surface area contributed by atoms with Gasteiger partial charge in [0.05, 0.1) is 25.9 Å². The Kier molecular flexibility index (Phi) is 5.22. The summed E-state index contributed by atoms with van der Waals surface area (Å²) >= 11 is 5.51. The highest BCUT2D eigenvalue weighted by molar-refractivity contribution is 6.17. The van der Waals surface area contributed by atoms with E-state index in [4.69, 9.17) is 21.4 Å². The SMILES string of the molecule is O=C(CCCCl)N1CCOCC1CO. The molecule has 1 fully saturated rings. The summed E-state index contributed by atoms with van der Waals surface area (Å²) in [5.74, 6) is 0.563. The standard InChI is InChI=1S/C9H16ClNO3/c10-3-1-2-9(13)11-4-5-14-7-8(11)6-12/h8,12H,1-7H2. The predicted octanol–water partition coefficient (Wildman–Crippen LogP) is 0.225. The van der Waals surface area contributed by atoms with Crippen LogP contribution < -0.4 is 0 Å². The molecule has 1 atom stereocenters. The predicted molar refractivity (Wildman–Crippen MR) is 53.4 cm³/mol. The molecular weight excluding hydrogens is 206 g/mol. The number of carbonyl (C=O) groups excluding carboxylic acids is 1. The maximum Gasteiger partial charge on any atom is 0.223 e. The van der Waals surface area contributed by atoms with E-state index in [1.807, 2.05) is 0 Å². The summed E-state index contributed by atoms with van der Waals surface area (Å²) in [7, 11) is 0. The second-order valence-corrected chi connectivity index (χ2v) is 3.67. The number of aliphatic hydroxyl groups excluding tert-OH is 1. The maximum atomic E-state index is 11.6. The molecule has 5 heteroatoms. The van der Waals surface area contributed by atoms with Crippen molar-refractivity contribution >= 4 is 17.5 Å². The zero-order valence-electron chi connectivity index (χ0n) is 8.12. The van der Waals surface area contributed by atoms with E-state index in [1.165, 1.54) is 0 Å². The normalized spacial score (nSPS) is 22.4. The Labute approximate surface area is 88.8 Å². The van der Waals surface area contributed by atoms with Gasteiger partial charge >= 0.3 is 0 Å². The van der Waals surface area contributed by atoms with Gasteiger partial charge < -0.3 is 14.7 Å². The molecule has 14 heavy (non-hydrogen) atoms. The first-order valence-electron chi connectivity index (χ1n) is 4.83. The zero-order valence-corrected chi connectivity index (χ0v) is 8.87. The number of nitrogens with zero attached hydrogens (tertiary/aromatic N) is 1. The van der Waals surface area contributed by atoms with Crippen molar-refractivity contribution in [3.05, 3.63) is 0 Å². The third kappa shape index (κ3) is 3.12. The lowest BCUT2D eigenvalue weighted by atomic mass is 10.2. The summed E-state index contributed by atoms with van der Waals surface area (Å²) in [5, 5.41) is 9.04. The molecule has 0 spiro atoms. The number of carbonyl (C=O) groups is 1. The first kappa shape index (κ1) is 11.8. The van der Waals surface area contributed by atoms with Gasteiger partial charge in [0.25, 0.3) is 0 Å². The molecule has 1 amide bonds. The number of halogens is 1. The highest BCUT2D eigenvalue weighted by atomic mass is 35.5. The van der Waals surface area contributed by atoms with Gasteiger partial charge in [-0.3, -0.25) is 4.79 Å². The molecular formula is C9H16ClNO3. The van der Waals surface area contributed by atoms with Crippen molar-refractivity contribution in [2.75, 3.05) is 32.2 Å². The number of hydrogen-bond acceptors (Lipinski definition) is 3. The van der Waals surface area contributed by atoms with E-state index < -0.39 is 0 Å². The maximum absolute atomic E-state index is 11.6. The summed E-state index contributed by atoms with van der Waals surface area (Å²) in [4.78, 5) is 13.3. The van der Waals surface area contributed by atoms with Gasteiger partial charge in [-0.05, 0) is 6.42 Å². The number of morpholine rings is 1. The second-order valence-electron chi connectivity index (χ2n) is 3.29. The molecule has 0 aliphatic carbocycles. The van der Waals surface area contributed by atoms with E-state index in [9.17, 15) is 4.79 Å². The van der Waals surface area contributed by atoms with Crippen LogP contribution in [0.15, 0.2) is 0 Å². The van der Waals surface area contributed by atoms with Crippen molar-refractivity contribution in [1.29, 1.82) is 0 Å². The first-order valence-corrected chi connectivity index (χ1v) is 5.37. The van der Waals surface area contributed by atoms with Crippen molar-refractivity contribution in [3.8, 4) is 0 Å². The molecule has 1 aliphatic heterocycles. The number of hydrogen-bond donors (Lipinski definition) is 1. The summed E-state index contributed by atoms with van der Waals surface area (Å²) in [5.41, 5.74) is 0. The summed E-state index contributed by atoms with van der Waals surface area (Å²) in [6, 6.07) is -0.174. The Morgan fingerprint density at radius 3 is 3.07 bits per heavy atom. The van der Waals surface area contributed by atoms with Crippen molar-refractivity contribution in [1.82, 2.24) is 4.90 Å². The fourth-order valence-corrected chi connectivity index (χ4v) is 1.63. The lowest BCUT2D eigenvalue weighted by Crippen LogP contribution is -2.50. The number of amides is 1. The third-order valence-corrected chi connectivity index (χ3v) is 2.55. The molecule has 1 saturated heterocycles. The van der Waals surface area contributed by atoms with Gasteiger partial charge in [-0.15, -0.1) is 11.6 Å². The van der Waals surface area contributed by atoms with Crippen LogP contribution >= 0.6 is 11.6 Å². The van der Waals surface area contributed by atoms with Gasteiger partial charge in [-0.25, -0.2) is 0 Å². The smallest absolute Gasteiger partial charge is 0.223 e. The molecule has 1 N–H and O–H groups in total. The van der Waals surface area contributed by atoms with E-state index in [-0.39, 0.29) is 18.6 Å². The van der Waals surface area contributed by atoms with Crippen molar-refractivity contribution in [2.24, 2.45) is 0 Å². The molecule has 1 rings (SSSR count). The molecule has 1 unspecified atom stereocenters. The topological polar surface area (TPSA) is 49.8 Å². The minimum absolute atomic E-state index is 0.0351. The van der Waals surface area contributed by atoms with Crippen LogP contribution in [0.5, 0.6) is 0 Å². The van der Waals surface area contributed by atoms with Crippen molar-refractivity contribution in [3.63, 3.8) is 0 Å². The fourth-order valence-electron chi connectivity index (χ4n) is 1.50. The monoisotopic (exact) mass is 221 g/mol. The van der Waals surface area contributed by atoms with E-state index in [2.05, 4.69) is 0 Å². The third-order valence-electron chi connectivity index (χ3n) is 2.28. The van der Waals surface area contributed by atoms with Crippen molar-refractivity contribution < 1.29 is 14.6 Å². The van der Waals surface area contributed by atoms with E-state index in [0.717, 1.165) is 0 Å². The summed E-state index contributed by atoms with van der Waals surface area (Å²) in [6.07, 6.45) is 1.15. The Bertz CT molecular complexity index is 189. The Hall–Kier alpha value is -0.320. The van der Waals surface area contributed by atoms with Gasteiger partial charge in [0.1, 0.15) is 0 Å². The molecule has 1 aliphatic rings. The minimum atomic E-state index is -0.174. The molecule has 0 radical (unpaired) electrons. The first-order chi connectivity index (χ1) is 6.79. The van der Waals surface area contributed by atoms with Gasteiger partial charge in [0, 0.05) is 18.8 Å². The van der Waals surface area contributed by atoms with Crippen LogP contribution in [-0.2, 0) is 9.53 Å². The Morgan fingerprint density at radius 1 is 1.64 bits per heavy atom. The highest BCUT2D eigenvalue weighted by Crippen LogP contribution is 2.09. The zero-order chi connectivity index (χ0) is 10.4. The fraction of sp³-hybridized carbons (Fsp3) is 0.889. The Balaban J connectivity index is 2.41. The average molecular weight is 222 g/mol. The largest absolute Gasteiger partial charge is 0.394 e. The summed E-state index contributed by atoms with van der Waals surface area (Å²) in [6.45, 7) is 1.53. The van der Waals surface area contributed by atoms with Crippen LogP contribution in [0.25, 0.3) is 0 Å². The van der Waals surface area contributed by atoms with Crippen LogP contribution in [0, 0.1) is 0 Å². The highest BCUT2D eigenvalue weighted by Gasteiger charge is 2.25. The second kappa shape index (κ2) is 6.22. The van der Waals surface area contributed by atoms with Gasteiger partial charge in [-0.1, -0.05) is 0 Å². The molecule has 4 nitrogen and oxygen atoms in total. The summed E-state index contributed by atoms with van der Waals surface area (Å²) < 4.78 is 5.18. The van der Waals surface area contributed by atoms with Crippen LogP contribution in [0.1, 0.15) is 12.8 Å². The molecule has 0 aromatic rings. The average Bonchev–Trinajstić information content (AvgIpc) is 2.25. The molecule has 0 aromatic carbocycles. The van der Waals surface area contributed by atoms with Crippen LogP contribution in [0.4, 0.5) is 0 Å². The van der Waals surface area contributed by atoms with Gasteiger partial charge in [0.15, 0.2) is 0 Å². The number of aliphatic hydroxyl groups is 1. The Morgan fingerprint density at radius 2 is 2.43 bits per heavy atom. The van der Waals surface area contributed by atoms with Crippen LogP contribution in [0.3, 0.4) is 0 Å². The lowest BCUT2D eigenvalue weighted by molar-refractivity contribution is -0.141. The van der Waals surface area contributed by atoms with Crippen molar-refractivity contribution in [2.45, 2.75) is 18.9 Å². The minimum Gasteiger partial charge on any atom is -0.394 e. The van der Waals surface area contributed by atoms with Gasteiger partial charge in [0.2, 0.25) is 5.91 Å². The van der Waals surface area contributed by atoms with E-state index >= 15 is 0 Å². The number of alkyl halides is 1. The van der Waals surface area contributed by atoms with Gasteiger partial charge in [-0.2, -0.15) is 0 Å². The molecule has 0 aromatic heterocycles. The number of rotatable bonds is 4. The van der Waals surface area contributed by atoms with Crippen LogP contribution in [-0.4, -0.2) is 54.2 Å². The molecule has 1 heterocycles. The molecule has 0 saturated carbocycles.